The van der Waals surface area contributed by atoms with Crippen molar-refractivity contribution in [1.82, 2.24) is 4.31 Å². The summed E-state index contributed by atoms with van der Waals surface area (Å²) < 4.78 is 70.9. The summed E-state index contributed by atoms with van der Waals surface area (Å²) in [5, 5.41) is 0. The van der Waals surface area contributed by atoms with E-state index in [0.29, 0.717) is 15.6 Å². The van der Waals surface area contributed by atoms with Gasteiger partial charge >= 0.3 is 6.18 Å². The molecule has 3 aromatic rings. The number of ether oxygens (including phenoxy) is 1. The van der Waals surface area contributed by atoms with Crippen molar-refractivity contribution in [3.63, 3.8) is 0 Å². The van der Waals surface area contributed by atoms with Gasteiger partial charge < -0.3 is 4.74 Å². The lowest BCUT2D eigenvalue weighted by Gasteiger charge is -2.23. The van der Waals surface area contributed by atoms with Crippen molar-refractivity contribution in [2.45, 2.75) is 17.5 Å². The van der Waals surface area contributed by atoms with Crippen LogP contribution in [0.1, 0.15) is 5.56 Å². The molecule has 0 aliphatic carbocycles. The average molecular weight is 449 g/mol. The second kappa shape index (κ2) is 9.53. The number of hydrogen-bond donors (Lipinski definition) is 0. The molecule has 8 heteroatoms. The fourth-order valence-electron chi connectivity index (χ4n) is 3.13. The van der Waals surface area contributed by atoms with E-state index in [1.165, 1.54) is 19.2 Å². The first-order valence-corrected chi connectivity index (χ1v) is 11.0. The first-order valence-electron chi connectivity index (χ1n) is 9.54. The zero-order valence-corrected chi connectivity index (χ0v) is 17.7. The molecule has 0 aliphatic heterocycles. The van der Waals surface area contributed by atoms with Gasteiger partial charge in [0.2, 0.25) is 10.0 Å². The van der Waals surface area contributed by atoms with Gasteiger partial charge in [-0.25, -0.2) is 8.42 Å². The minimum absolute atomic E-state index is 0.140. The topological polar surface area (TPSA) is 46.6 Å². The third kappa shape index (κ3) is 6.08. The molecule has 0 spiro atoms. The minimum Gasteiger partial charge on any atom is -0.497 e. The number of benzene rings is 3. The Kier molecular flexibility index (Phi) is 7.02. The summed E-state index contributed by atoms with van der Waals surface area (Å²) in [6.45, 7) is -1.85. The maximum absolute atomic E-state index is 13.1. The molecule has 3 rings (SSSR count). The van der Waals surface area contributed by atoms with Gasteiger partial charge in [0.15, 0.2) is 0 Å². The van der Waals surface area contributed by atoms with Crippen LogP contribution in [0.3, 0.4) is 0 Å². The van der Waals surface area contributed by atoms with Crippen LogP contribution in [0.15, 0.2) is 83.8 Å². The number of rotatable bonds is 8. The second-order valence-electron chi connectivity index (χ2n) is 6.94. The SMILES string of the molecule is COc1ccc(CCN(CC(F)(F)F)S(=O)(=O)c2ccc(-c3ccccc3)cc2)cc1. The molecule has 164 valence electrons. The van der Waals surface area contributed by atoms with Crippen LogP contribution in [0.25, 0.3) is 11.1 Å². The van der Waals surface area contributed by atoms with Crippen molar-refractivity contribution < 1.29 is 26.3 Å². The van der Waals surface area contributed by atoms with Gasteiger partial charge in [0.25, 0.3) is 0 Å². The average Bonchev–Trinajstić information content (AvgIpc) is 2.77. The zero-order chi connectivity index (χ0) is 22.5. The minimum atomic E-state index is -4.66. The fraction of sp³-hybridized carbons (Fsp3) is 0.217. The van der Waals surface area contributed by atoms with E-state index in [-0.39, 0.29) is 17.9 Å². The molecule has 0 saturated carbocycles. The fourth-order valence-corrected chi connectivity index (χ4v) is 4.56. The van der Waals surface area contributed by atoms with Crippen LogP contribution in [0.5, 0.6) is 5.75 Å². The Bertz CT molecular complexity index is 1080. The molecule has 31 heavy (non-hydrogen) atoms. The van der Waals surface area contributed by atoms with Gasteiger partial charge in [-0.3, -0.25) is 0 Å². The summed E-state index contributed by atoms with van der Waals surface area (Å²) in [6, 6.07) is 21.9. The quantitative estimate of drug-likeness (QED) is 0.477. The van der Waals surface area contributed by atoms with Gasteiger partial charge in [0.1, 0.15) is 12.3 Å². The van der Waals surface area contributed by atoms with E-state index >= 15 is 0 Å². The van der Waals surface area contributed by atoms with Crippen LogP contribution in [-0.2, 0) is 16.4 Å². The molecule has 0 amide bonds. The standard InChI is InChI=1S/C23H22F3NO3S/c1-30-21-11-7-18(8-12-21)15-16-27(17-23(24,25)26)31(28,29)22-13-9-20(10-14-22)19-5-3-2-4-6-19/h2-14H,15-17H2,1H3. The molecule has 0 heterocycles. The lowest BCUT2D eigenvalue weighted by molar-refractivity contribution is -0.136. The Hall–Kier alpha value is -2.84. The summed E-state index contributed by atoms with van der Waals surface area (Å²) in [6.07, 6.45) is -4.52. The monoisotopic (exact) mass is 449 g/mol. The maximum atomic E-state index is 13.1. The van der Waals surface area contributed by atoms with E-state index < -0.39 is 22.7 Å². The molecule has 0 fully saturated rings. The Morgan fingerprint density at radius 2 is 1.42 bits per heavy atom. The number of nitrogens with zero attached hydrogens (tertiary/aromatic N) is 1. The van der Waals surface area contributed by atoms with Crippen LogP contribution in [0.4, 0.5) is 13.2 Å². The van der Waals surface area contributed by atoms with E-state index in [9.17, 15) is 21.6 Å². The molecule has 0 aromatic heterocycles. The molecule has 0 saturated heterocycles. The van der Waals surface area contributed by atoms with Crippen LogP contribution in [0.2, 0.25) is 0 Å². The summed E-state index contributed by atoms with van der Waals surface area (Å²) in [5.41, 5.74) is 2.38. The first kappa shape index (κ1) is 22.8. The van der Waals surface area contributed by atoms with Gasteiger partial charge in [0.05, 0.1) is 12.0 Å². The van der Waals surface area contributed by atoms with Crippen molar-refractivity contribution in [2.75, 3.05) is 20.2 Å². The maximum Gasteiger partial charge on any atom is 0.402 e. The normalized spacial score (nSPS) is 12.2. The first-order chi connectivity index (χ1) is 14.7. The molecule has 4 nitrogen and oxygen atoms in total. The van der Waals surface area contributed by atoms with Crippen LogP contribution in [-0.4, -0.2) is 39.1 Å². The Morgan fingerprint density at radius 3 is 1.97 bits per heavy atom. The molecule has 0 radical (unpaired) electrons. The number of halogens is 3. The molecule has 3 aromatic carbocycles. The predicted octanol–water partition coefficient (Wildman–Crippen LogP) is 5.16. The highest BCUT2D eigenvalue weighted by Crippen LogP contribution is 2.26. The smallest absolute Gasteiger partial charge is 0.402 e. The highest BCUT2D eigenvalue weighted by Gasteiger charge is 2.36. The molecule has 0 aliphatic rings. The third-order valence-electron chi connectivity index (χ3n) is 4.76. The summed E-state index contributed by atoms with van der Waals surface area (Å²) in [5.74, 6) is 0.613. The lowest BCUT2D eigenvalue weighted by atomic mass is 10.1. The highest BCUT2D eigenvalue weighted by molar-refractivity contribution is 7.89. The number of alkyl halides is 3. The van der Waals surface area contributed by atoms with Gasteiger partial charge in [0, 0.05) is 6.54 Å². The van der Waals surface area contributed by atoms with E-state index in [2.05, 4.69) is 0 Å². The molecule has 0 N–H and O–H groups in total. The van der Waals surface area contributed by atoms with Crippen LogP contribution >= 0.6 is 0 Å². The van der Waals surface area contributed by atoms with Crippen molar-refractivity contribution in [3.05, 3.63) is 84.4 Å². The van der Waals surface area contributed by atoms with Crippen molar-refractivity contribution in [1.29, 1.82) is 0 Å². The molecular weight excluding hydrogens is 427 g/mol. The molecule has 0 bridgehead atoms. The summed E-state index contributed by atoms with van der Waals surface area (Å²) >= 11 is 0. The Morgan fingerprint density at radius 1 is 0.839 bits per heavy atom. The Balaban J connectivity index is 1.82. The van der Waals surface area contributed by atoms with Gasteiger partial charge in [-0.1, -0.05) is 54.6 Å². The zero-order valence-electron chi connectivity index (χ0n) is 16.8. The molecular formula is C23H22F3NO3S. The highest BCUT2D eigenvalue weighted by atomic mass is 32.2. The van der Waals surface area contributed by atoms with E-state index in [1.54, 1.807) is 36.4 Å². The number of hydrogen-bond acceptors (Lipinski definition) is 3. The van der Waals surface area contributed by atoms with Crippen LogP contribution in [0, 0.1) is 0 Å². The van der Waals surface area contributed by atoms with E-state index in [4.69, 9.17) is 4.74 Å². The predicted molar refractivity (Wildman–Crippen MR) is 113 cm³/mol. The van der Waals surface area contributed by atoms with Gasteiger partial charge in [-0.15, -0.1) is 0 Å². The summed E-state index contributed by atoms with van der Waals surface area (Å²) in [4.78, 5) is -0.175. The third-order valence-corrected chi connectivity index (χ3v) is 6.62. The lowest BCUT2D eigenvalue weighted by Crippen LogP contribution is -2.40. The van der Waals surface area contributed by atoms with Crippen molar-refractivity contribution >= 4 is 10.0 Å². The van der Waals surface area contributed by atoms with Crippen molar-refractivity contribution in [2.24, 2.45) is 0 Å². The second-order valence-corrected chi connectivity index (χ2v) is 8.88. The largest absolute Gasteiger partial charge is 0.497 e. The van der Waals surface area contributed by atoms with E-state index in [0.717, 1.165) is 11.1 Å². The van der Waals surface area contributed by atoms with Gasteiger partial charge in [-0.05, 0) is 47.4 Å². The molecule has 0 unspecified atom stereocenters. The Labute approximate surface area is 180 Å². The van der Waals surface area contributed by atoms with Crippen LogP contribution < -0.4 is 4.74 Å². The summed E-state index contributed by atoms with van der Waals surface area (Å²) in [7, 11) is -2.82. The molecule has 0 atom stereocenters. The van der Waals surface area contributed by atoms with Gasteiger partial charge in [-0.2, -0.15) is 17.5 Å². The number of sulfonamides is 1. The van der Waals surface area contributed by atoms with Crippen molar-refractivity contribution in [3.8, 4) is 16.9 Å². The van der Waals surface area contributed by atoms with E-state index in [1.807, 2.05) is 30.3 Å². The number of methoxy groups -OCH3 is 1.